The van der Waals surface area contributed by atoms with Gasteiger partial charge in [-0.15, -0.1) is 0 Å². The maximum atomic E-state index is 11.6. The van der Waals surface area contributed by atoms with E-state index in [0.29, 0.717) is 0 Å². The predicted molar refractivity (Wildman–Crippen MR) is 63.6 cm³/mol. The molecule has 0 aromatic heterocycles. The fraction of sp³-hybridized carbons (Fsp3) is 0.750. The second-order valence-corrected chi connectivity index (χ2v) is 4.41. The molecule has 20 heavy (non-hydrogen) atoms. The van der Waals surface area contributed by atoms with Crippen LogP contribution in [0.15, 0.2) is 0 Å². The van der Waals surface area contributed by atoms with Gasteiger partial charge in [0, 0.05) is 5.97 Å². The number of carbonyl (C=O) groups is 3. The number of aliphatic hydroxyl groups is 1. The molecule has 1 amide bonds. The molecule has 1 unspecified atom stereocenters. The molecule has 0 spiro atoms. The number of esters is 1. The molecule has 0 saturated heterocycles. The molecular formula is C12H20KNO6. The van der Waals surface area contributed by atoms with Crippen LogP contribution in [0.5, 0.6) is 0 Å². The Bertz CT molecular complexity index is 334. The van der Waals surface area contributed by atoms with Gasteiger partial charge in [0.1, 0.15) is 12.1 Å². The smallest absolute Gasteiger partial charge is 0.550 e. The Morgan fingerprint density at radius 1 is 1.30 bits per heavy atom. The van der Waals surface area contributed by atoms with Crippen LogP contribution in [0.1, 0.15) is 33.6 Å². The summed E-state index contributed by atoms with van der Waals surface area (Å²) in [6.45, 7) is 5.27. The van der Waals surface area contributed by atoms with E-state index in [0.717, 1.165) is 0 Å². The summed E-state index contributed by atoms with van der Waals surface area (Å²) in [6.07, 6.45) is -2.18. The monoisotopic (exact) mass is 313 g/mol. The van der Waals surface area contributed by atoms with Gasteiger partial charge in [0.25, 0.3) is 0 Å². The van der Waals surface area contributed by atoms with Crippen molar-refractivity contribution in [2.24, 2.45) is 5.92 Å². The maximum absolute atomic E-state index is 11.6. The van der Waals surface area contributed by atoms with Crippen LogP contribution in [-0.2, 0) is 19.1 Å². The number of carbonyl (C=O) groups excluding carboxylic acids is 3. The molecule has 2 N–H and O–H groups in total. The molecule has 2 atom stereocenters. The van der Waals surface area contributed by atoms with Crippen LogP contribution in [-0.4, -0.2) is 41.7 Å². The van der Waals surface area contributed by atoms with Gasteiger partial charge in [-0.2, -0.15) is 0 Å². The van der Waals surface area contributed by atoms with Crippen LogP contribution in [0.2, 0.25) is 0 Å². The van der Waals surface area contributed by atoms with Gasteiger partial charge in [-0.25, -0.2) is 4.79 Å². The molecule has 0 aromatic carbocycles. The molecule has 0 aliphatic carbocycles. The fourth-order valence-electron chi connectivity index (χ4n) is 1.36. The number of carboxylic acid groups (broad SMARTS) is 1. The van der Waals surface area contributed by atoms with Crippen molar-refractivity contribution < 1.29 is 80.7 Å². The molecule has 0 aliphatic heterocycles. The second-order valence-electron chi connectivity index (χ2n) is 4.41. The topological polar surface area (TPSA) is 116 Å². The van der Waals surface area contributed by atoms with Crippen molar-refractivity contribution >= 4 is 17.8 Å². The number of amides is 1. The summed E-state index contributed by atoms with van der Waals surface area (Å²) in [5.41, 5.74) is 0. The minimum Gasteiger partial charge on any atom is -0.550 e. The maximum Gasteiger partial charge on any atom is 1.00 e. The zero-order chi connectivity index (χ0) is 15.0. The van der Waals surface area contributed by atoms with Gasteiger partial charge in [0.2, 0.25) is 5.91 Å². The summed E-state index contributed by atoms with van der Waals surface area (Å²) in [5, 5.41) is 22.0. The largest absolute Gasteiger partial charge is 1.00 e. The fourth-order valence-corrected chi connectivity index (χ4v) is 1.36. The molecule has 0 saturated carbocycles. The molecule has 110 valence electrons. The van der Waals surface area contributed by atoms with Crippen molar-refractivity contribution in [3.8, 4) is 0 Å². The Labute approximate surface area is 160 Å². The number of aliphatic hydroxyl groups excluding tert-OH is 1. The molecule has 0 fully saturated rings. The predicted octanol–water partition coefficient (Wildman–Crippen LogP) is -4.41. The van der Waals surface area contributed by atoms with E-state index in [1.165, 1.54) is 0 Å². The van der Waals surface area contributed by atoms with Crippen LogP contribution in [0.3, 0.4) is 0 Å². The van der Waals surface area contributed by atoms with E-state index in [1.54, 1.807) is 20.8 Å². The average Bonchev–Trinajstić information content (AvgIpc) is 2.32. The zero-order valence-corrected chi connectivity index (χ0v) is 15.5. The third-order valence-corrected chi connectivity index (χ3v) is 2.43. The van der Waals surface area contributed by atoms with Crippen LogP contribution >= 0.6 is 0 Å². The number of hydrogen-bond donors (Lipinski definition) is 2. The number of nitrogens with one attached hydrogen (secondary N) is 1. The Balaban J connectivity index is 0. The van der Waals surface area contributed by atoms with Crippen LogP contribution in [0.25, 0.3) is 0 Å². The molecule has 0 radical (unpaired) electrons. The van der Waals surface area contributed by atoms with Gasteiger partial charge < -0.3 is 25.1 Å². The van der Waals surface area contributed by atoms with Gasteiger partial charge >= 0.3 is 57.4 Å². The second kappa shape index (κ2) is 11.6. The van der Waals surface area contributed by atoms with Crippen LogP contribution < -0.4 is 61.8 Å². The molecule has 0 bridgehead atoms. The summed E-state index contributed by atoms with van der Waals surface area (Å²) in [7, 11) is 0. The number of hydrogen-bond acceptors (Lipinski definition) is 6. The molecule has 8 heteroatoms. The standard InChI is InChI=1S/C12H21NO6.K/c1-4-19-12(18)10(7(2)3)13-11(17)8(14)5-6-9(15)16;/h7-8,10,14H,4-6H2,1-3H3,(H,13,17)(H,15,16);/q;+1/p-1/t8-,10?;/m1./s1. The van der Waals surface area contributed by atoms with Crippen LogP contribution in [0, 0.1) is 5.92 Å². The van der Waals surface area contributed by atoms with Gasteiger partial charge in [0.05, 0.1) is 6.61 Å². The van der Waals surface area contributed by atoms with Gasteiger partial charge in [-0.05, 0) is 25.7 Å². The van der Waals surface area contributed by atoms with E-state index in [9.17, 15) is 24.6 Å². The summed E-state index contributed by atoms with van der Waals surface area (Å²) in [5.74, 6) is -2.94. The van der Waals surface area contributed by atoms with Crippen molar-refractivity contribution in [2.75, 3.05) is 6.61 Å². The Morgan fingerprint density at radius 2 is 1.85 bits per heavy atom. The quantitative estimate of drug-likeness (QED) is 0.345. The Kier molecular flexibility index (Phi) is 13.0. The third kappa shape index (κ3) is 9.04. The average molecular weight is 313 g/mol. The molecule has 0 rings (SSSR count). The van der Waals surface area contributed by atoms with E-state index >= 15 is 0 Å². The number of rotatable bonds is 8. The van der Waals surface area contributed by atoms with Crippen molar-refractivity contribution in [1.82, 2.24) is 5.32 Å². The molecule has 0 aliphatic rings. The number of carboxylic acids is 1. The first-order chi connectivity index (χ1) is 8.79. The minimum absolute atomic E-state index is 0. The van der Waals surface area contributed by atoms with E-state index in [-0.39, 0.29) is 70.3 Å². The summed E-state index contributed by atoms with van der Waals surface area (Å²) in [6, 6.07) is -0.870. The summed E-state index contributed by atoms with van der Waals surface area (Å²) in [4.78, 5) is 33.4. The van der Waals surface area contributed by atoms with Gasteiger partial charge in [-0.3, -0.25) is 4.79 Å². The summed E-state index contributed by atoms with van der Waals surface area (Å²) < 4.78 is 4.80. The first-order valence-corrected chi connectivity index (χ1v) is 6.14. The van der Waals surface area contributed by atoms with Gasteiger partial charge in [-0.1, -0.05) is 13.8 Å². The molecule has 0 aromatic rings. The number of ether oxygens (including phenoxy) is 1. The minimum atomic E-state index is -1.49. The molecule has 0 heterocycles. The summed E-state index contributed by atoms with van der Waals surface area (Å²) >= 11 is 0. The Hall–Kier alpha value is 0.00636. The first kappa shape index (κ1) is 22.3. The molecular weight excluding hydrogens is 293 g/mol. The van der Waals surface area contributed by atoms with Crippen molar-refractivity contribution in [3.63, 3.8) is 0 Å². The molecule has 7 nitrogen and oxygen atoms in total. The van der Waals surface area contributed by atoms with Gasteiger partial charge in [0.15, 0.2) is 0 Å². The van der Waals surface area contributed by atoms with Crippen molar-refractivity contribution in [3.05, 3.63) is 0 Å². The zero-order valence-electron chi connectivity index (χ0n) is 12.3. The van der Waals surface area contributed by atoms with E-state index in [1.807, 2.05) is 0 Å². The third-order valence-electron chi connectivity index (χ3n) is 2.43. The normalized spacial score (nSPS) is 13.1. The first-order valence-electron chi connectivity index (χ1n) is 6.14. The van der Waals surface area contributed by atoms with Crippen LogP contribution in [0.4, 0.5) is 0 Å². The Morgan fingerprint density at radius 3 is 2.25 bits per heavy atom. The number of aliphatic carboxylic acids is 1. The van der Waals surface area contributed by atoms with Crippen molar-refractivity contribution in [1.29, 1.82) is 0 Å². The van der Waals surface area contributed by atoms with E-state index in [4.69, 9.17) is 4.74 Å². The SMILES string of the molecule is CCOC(=O)C(NC(=O)[C@H](O)CCC(=O)[O-])C(C)C.[K+]. The van der Waals surface area contributed by atoms with E-state index < -0.39 is 36.4 Å². The van der Waals surface area contributed by atoms with E-state index in [2.05, 4.69) is 5.32 Å². The van der Waals surface area contributed by atoms with Crippen molar-refractivity contribution in [2.45, 2.75) is 45.8 Å².